The topological polar surface area (TPSA) is 0 Å². The number of hydrogen-bond donors (Lipinski definition) is 0. The van der Waals surface area contributed by atoms with Crippen LogP contribution in [0.15, 0.2) is 18.2 Å². The highest BCUT2D eigenvalue weighted by molar-refractivity contribution is 6.84. The SMILES string of the molecule is Cc1ccc([Si](C)(C)F)c(C)c1. The van der Waals surface area contributed by atoms with Crippen molar-refractivity contribution in [3.05, 3.63) is 29.3 Å². The summed E-state index contributed by atoms with van der Waals surface area (Å²) in [4.78, 5) is 0. The molecule has 0 nitrogen and oxygen atoms in total. The van der Waals surface area contributed by atoms with Crippen LogP contribution in [0, 0.1) is 13.8 Å². The highest BCUT2D eigenvalue weighted by Gasteiger charge is 2.24. The van der Waals surface area contributed by atoms with Gasteiger partial charge in [-0.2, -0.15) is 0 Å². The maximum atomic E-state index is 13.7. The molecule has 0 fully saturated rings. The molecular weight excluding hydrogens is 167 g/mol. The summed E-state index contributed by atoms with van der Waals surface area (Å²) in [6.45, 7) is 7.47. The second-order valence-electron chi connectivity index (χ2n) is 3.79. The zero-order valence-electron chi connectivity index (χ0n) is 8.11. The summed E-state index contributed by atoms with van der Waals surface area (Å²) < 4.78 is 13.7. The second kappa shape index (κ2) is 3.02. The van der Waals surface area contributed by atoms with E-state index in [1.165, 1.54) is 5.56 Å². The van der Waals surface area contributed by atoms with E-state index >= 15 is 0 Å². The van der Waals surface area contributed by atoms with Gasteiger partial charge in [0.2, 0.25) is 0 Å². The van der Waals surface area contributed by atoms with E-state index in [9.17, 15) is 4.11 Å². The average Bonchev–Trinajstić information content (AvgIpc) is 1.83. The van der Waals surface area contributed by atoms with Crippen molar-refractivity contribution in [3.8, 4) is 0 Å². The van der Waals surface area contributed by atoms with Crippen molar-refractivity contribution < 1.29 is 4.11 Å². The summed E-state index contributed by atoms with van der Waals surface area (Å²) >= 11 is 0. The van der Waals surface area contributed by atoms with Gasteiger partial charge in [0.25, 0.3) is 8.41 Å². The summed E-state index contributed by atoms with van der Waals surface area (Å²) in [7, 11) is -2.60. The Morgan fingerprint density at radius 3 is 2.17 bits per heavy atom. The molecule has 0 bridgehead atoms. The smallest absolute Gasteiger partial charge is 0.271 e. The zero-order valence-corrected chi connectivity index (χ0v) is 9.11. The zero-order chi connectivity index (χ0) is 9.35. The molecule has 0 aromatic heterocycles. The molecule has 0 amide bonds. The lowest BCUT2D eigenvalue weighted by Gasteiger charge is -2.14. The van der Waals surface area contributed by atoms with Crippen molar-refractivity contribution in [1.82, 2.24) is 0 Å². The highest BCUT2D eigenvalue weighted by Crippen LogP contribution is 2.09. The van der Waals surface area contributed by atoms with Crippen molar-refractivity contribution in [3.63, 3.8) is 0 Å². The summed E-state index contributed by atoms with van der Waals surface area (Å²) in [5, 5.41) is 0.924. The fraction of sp³-hybridized carbons (Fsp3) is 0.400. The lowest BCUT2D eigenvalue weighted by Crippen LogP contribution is -2.38. The van der Waals surface area contributed by atoms with Crippen LogP contribution >= 0.6 is 0 Å². The summed E-state index contributed by atoms with van der Waals surface area (Å²) in [5.74, 6) is 0. The van der Waals surface area contributed by atoms with Crippen LogP contribution in [0.2, 0.25) is 13.1 Å². The largest absolute Gasteiger partial charge is 0.308 e. The number of halogens is 1. The Kier molecular flexibility index (Phi) is 2.38. The van der Waals surface area contributed by atoms with Crippen LogP contribution in [-0.4, -0.2) is 8.41 Å². The summed E-state index contributed by atoms with van der Waals surface area (Å²) in [5.41, 5.74) is 2.30. The van der Waals surface area contributed by atoms with E-state index in [0.29, 0.717) is 0 Å². The van der Waals surface area contributed by atoms with Gasteiger partial charge in [0, 0.05) is 0 Å². The molecule has 0 aliphatic carbocycles. The first-order valence-electron chi connectivity index (χ1n) is 4.18. The van der Waals surface area contributed by atoms with E-state index in [2.05, 4.69) is 0 Å². The predicted octanol–water partition coefficient (Wildman–Crippen LogP) is 2.69. The van der Waals surface area contributed by atoms with Gasteiger partial charge < -0.3 is 4.11 Å². The van der Waals surface area contributed by atoms with Crippen LogP contribution in [0.5, 0.6) is 0 Å². The monoisotopic (exact) mass is 182 g/mol. The molecule has 1 aromatic rings. The molecular formula is C10H15FSi. The molecule has 0 radical (unpaired) electrons. The first-order chi connectivity index (χ1) is 5.41. The minimum Gasteiger partial charge on any atom is -0.308 e. The number of rotatable bonds is 1. The van der Waals surface area contributed by atoms with Crippen LogP contribution in [0.1, 0.15) is 11.1 Å². The Hall–Kier alpha value is -0.633. The second-order valence-corrected chi connectivity index (χ2v) is 7.27. The van der Waals surface area contributed by atoms with Crippen molar-refractivity contribution >= 4 is 13.6 Å². The maximum Gasteiger partial charge on any atom is 0.271 e. The summed E-state index contributed by atoms with van der Waals surface area (Å²) in [6, 6.07) is 5.96. The van der Waals surface area contributed by atoms with Gasteiger partial charge in [-0.05, 0) is 37.7 Å². The third-order valence-corrected chi connectivity index (χ3v) is 3.86. The molecule has 0 atom stereocenters. The third-order valence-electron chi connectivity index (χ3n) is 2.02. The lowest BCUT2D eigenvalue weighted by atomic mass is 10.2. The Bertz CT molecular complexity index is 286. The third kappa shape index (κ3) is 1.94. The molecule has 0 heterocycles. The molecule has 0 aliphatic heterocycles. The normalized spacial score (nSPS) is 11.8. The van der Waals surface area contributed by atoms with E-state index < -0.39 is 8.41 Å². The molecule has 0 spiro atoms. The molecule has 0 saturated carbocycles. The standard InChI is InChI=1S/C10H15FSi/c1-8-5-6-10(9(2)7-8)12(3,4)11/h5-7H,1-4H3. The van der Waals surface area contributed by atoms with Crippen LogP contribution in [0.4, 0.5) is 4.11 Å². The predicted molar refractivity (Wildman–Crippen MR) is 54.1 cm³/mol. The van der Waals surface area contributed by atoms with Gasteiger partial charge in [0.05, 0.1) is 0 Å². The van der Waals surface area contributed by atoms with Gasteiger partial charge in [0.15, 0.2) is 0 Å². The Balaban J connectivity index is 3.19. The molecule has 0 unspecified atom stereocenters. The maximum absolute atomic E-state index is 13.7. The van der Waals surface area contributed by atoms with Crippen molar-refractivity contribution in [2.24, 2.45) is 0 Å². The molecule has 0 aliphatic rings. The molecule has 1 rings (SSSR count). The van der Waals surface area contributed by atoms with Crippen LogP contribution in [0.25, 0.3) is 0 Å². The first kappa shape index (κ1) is 9.45. The van der Waals surface area contributed by atoms with Crippen molar-refractivity contribution in [1.29, 1.82) is 0 Å². The molecule has 0 N–H and O–H groups in total. The average molecular weight is 182 g/mol. The van der Waals surface area contributed by atoms with E-state index in [-0.39, 0.29) is 0 Å². The first-order valence-corrected chi connectivity index (χ1v) is 7.05. The summed E-state index contributed by atoms with van der Waals surface area (Å²) in [6.07, 6.45) is 0. The van der Waals surface area contributed by atoms with Gasteiger partial charge in [0.1, 0.15) is 0 Å². The minimum absolute atomic E-state index is 0.924. The molecule has 1 aromatic carbocycles. The Morgan fingerprint density at radius 2 is 1.75 bits per heavy atom. The number of benzene rings is 1. The molecule has 2 heteroatoms. The number of aryl methyl sites for hydroxylation is 2. The van der Waals surface area contributed by atoms with Crippen LogP contribution in [0.3, 0.4) is 0 Å². The molecule has 12 heavy (non-hydrogen) atoms. The molecule has 0 saturated heterocycles. The van der Waals surface area contributed by atoms with Gasteiger partial charge in [-0.3, -0.25) is 0 Å². The Morgan fingerprint density at radius 1 is 1.17 bits per heavy atom. The fourth-order valence-corrected chi connectivity index (χ4v) is 2.97. The Labute approximate surface area is 74.6 Å². The highest BCUT2D eigenvalue weighted by atomic mass is 28.4. The van der Waals surface area contributed by atoms with Crippen molar-refractivity contribution in [2.45, 2.75) is 26.9 Å². The van der Waals surface area contributed by atoms with Gasteiger partial charge >= 0.3 is 0 Å². The van der Waals surface area contributed by atoms with Crippen LogP contribution < -0.4 is 5.19 Å². The van der Waals surface area contributed by atoms with Crippen molar-refractivity contribution in [2.75, 3.05) is 0 Å². The van der Waals surface area contributed by atoms with Gasteiger partial charge in [-0.1, -0.05) is 23.8 Å². The van der Waals surface area contributed by atoms with Crippen LogP contribution in [-0.2, 0) is 0 Å². The lowest BCUT2D eigenvalue weighted by molar-refractivity contribution is 0.821. The van der Waals surface area contributed by atoms with E-state index in [0.717, 1.165) is 10.8 Å². The van der Waals surface area contributed by atoms with Gasteiger partial charge in [-0.25, -0.2) is 0 Å². The van der Waals surface area contributed by atoms with Gasteiger partial charge in [-0.15, -0.1) is 0 Å². The fourth-order valence-electron chi connectivity index (χ4n) is 1.48. The van der Waals surface area contributed by atoms with E-state index in [1.54, 1.807) is 13.1 Å². The van der Waals surface area contributed by atoms with E-state index in [1.807, 2.05) is 32.0 Å². The quantitative estimate of drug-likeness (QED) is 0.463. The van der Waals surface area contributed by atoms with E-state index in [4.69, 9.17) is 0 Å². The number of hydrogen-bond acceptors (Lipinski definition) is 0. The minimum atomic E-state index is -2.60. The molecule has 66 valence electrons.